The van der Waals surface area contributed by atoms with Crippen LogP contribution in [0.15, 0.2) is 4.99 Å². The molecule has 0 heterocycles. The number of nitrogens with one attached hydrogen (secondary N) is 2. The van der Waals surface area contributed by atoms with Crippen molar-refractivity contribution in [1.29, 1.82) is 0 Å². The minimum Gasteiger partial charge on any atom is -0.354 e. The summed E-state index contributed by atoms with van der Waals surface area (Å²) in [6.45, 7) is 4.97. The summed E-state index contributed by atoms with van der Waals surface area (Å²) in [5.41, 5.74) is 2.40. The average molecular weight is 265 g/mol. The summed E-state index contributed by atoms with van der Waals surface area (Å²) >= 11 is 0. The van der Waals surface area contributed by atoms with E-state index in [-0.39, 0.29) is 12.3 Å². The van der Waals surface area contributed by atoms with Crippen LogP contribution in [0, 0.1) is 5.92 Å². The van der Waals surface area contributed by atoms with Gasteiger partial charge in [-0.15, -0.1) is 0 Å². The number of sulfonamides is 1. The Morgan fingerprint density at radius 3 is 2.41 bits per heavy atom. The highest BCUT2D eigenvalue weighted by atomic mass is 32.2. The van der Waals surface area contributed by atoms with Crippen LogP contribution in [0.5, 0.6) is 0 Å². The van der Waals surface area contributed by atoms with Crippen LogP contribution >= 0.6 is 0 Å². The maximum absolute atomic E-state index is 11.5. The van der Waals surface area contributed by atoms with Crippen LogP contribution in [0.4, 0.5) is 0 Å². The smallest absolute Gasteiger partial charge is 0.215 e. The van der Waals surface area contributed by atoms with E-state index >= 15 is 0 Å². The third-order valence-corrected chi connectivity index (χ3v) is 3.79. The van der Waals surface area contributed by atoms with Gasteiger partial charge < -0.3 is 5.32 Å². The fraction of sp³-hybridized carbons (Fsp3) is 0.889. The van der Waals surface area contributed by atoms with Crippen molar-refractivity contribution < 1.29 is 8.42 Å². The first-order valence-corrected chi connectivity index (χ1v) is 7.05. The normalized spacial score (nSPS) is 13.2. The van der Waals surface area contributed by atoms with Crippen LogP contribution in [-0.2, 0) is 10.0 Å². The van der Waals surface area contributed by atoms with Crippen molar-refractivity contribution >= 4 is 16.0 Å². The Morgan fingerprint density at radius 1 is 1.41 bits per heavy atom. The number of nitrogens with two attached hydrogens (primary N) is 1. The quantitative estimate of drug-likeness (QED) is 0.246. The van der Waals surface area contributed by atoms with E-state index < -0.39 is 10.0 Å². The summed E-state index contributed by atoms with van der Waals surface area (Å²) < 4.78 is 24.1. The second-order valence-electron chi connectivity index (χ2n) is 4.25. The standard InChI is InChI=1S/C9H23N5O2S/c1-8(2)7-12-9(13-10)11-5-6-17(15,16)14(3)4/h8H,5-7,10H2,1-4H3,(H2,11,12,13). The first kappa shape index (κ1) is 16.1. The molecule has 0 aromatic carbocycles. The van der Waals surface area contributed by atoms with Crippen LogP contribution in [0.3, 0.4) is 0 Å². The molecule has 0 bridgehead atoms. The van der Waals surface area contributed by atoms with Crippen molar-refractivity contribution in [2.45, 2.75) is 13.8 Å². The monoisotopic (exact) mass is 265 g/mol. The summed E-state index contributed by atoms with van der Waals surface area (Å²) in [7, 11) is -0.178. The molecule has 0 aliphatic heterocycles. The second kappa shape index (κ2) is 7.46. The fourth-order valence-corrected chi connectivity index (χ4v) is 1.63. The Labute approximate surface area is 103 Å². The van der Waals surface area contributed by atoms with Crippen LogP contribution in [0.2, 0.25) is 0 Å². The first-order chi connectivity index (χ1) is 7.79. The maximum Gasteiger partial charge on any atom is 0.215 e. The Balaban J connectivity index is 4.14. The summed E-state index contributed by atoms with van der Waals surface area (Å²) in [6, 6.07) is 0. The van der Waals surface area contributed by atoms with E-state index in [4.69, 9.17) is 5.84 Å². The lowest BCUT2D eigenvalue weighted by Crippen LogP contribution is -2.44. The lowest BCUT2D eigenvalue weighted by atomic mass is 10.2. The van der Waals surface area contributed by atoms with Gasteiger partial charge in [0, 0.05) is 27.2 Å². The van der Waals surface area contributed by atoms with E-state index in [2.05, 4.69) is 15.7 Å². The Hall–Kier alpha value is -0.860. The molecular formula is C9H23N5O2S. The molecule has 0 radical (unpaired) electrons. The topological polar surface area (TPSA) is 99.8 Å². The zero-order valence-electron chi connectivity index (χ0n) is 10.9. The molecule has 102 valence electrons. The number of guanidine groups is 1. The molecule has 0 aromatic heterocycles. The van der Waals surface area contributed by atoms with Gasteiger partial charge in [-0.25, -0.2) is 18.6 Å². The van der Waals surface area contributed by atoms with Crippen molar-refractivity contribution in [2.24, 2.45) is 16.8 Å². The second-order valence-corrected chi connectivity index (χ2v) is 6.56. The van der Waals surface area contributed by atoms with Crippen molar-refractivity contribution in [3.8, 4) is 0 Å². The Kier molecular flexibility index (Phi) is 7.09. The van der Waals surface area contributed by atoms with Gasteiger partial charge in [0.05, 0.1) is 5.75 Å². The third kappa shape index (κ3) is 7.14. The van der Waals surface area contributed by atoms with Gasteiger partial charge in [0.2, 0.25) is 16.0 Å². The summed E-state index contributed by atoms with van der Waals surface area (Å²) in [5.74, 6) is 6.10. The van der Waals surface area contributed by atoms with Crippen LogP contribution in [0.25, 0.3) is 0 Å². The number of hydrogen-bond donors (Lipinski definition) is 3. The molecule has 4 N–H and O–H groups in total. The molecule has 8 heteroatoms. The van der Waals surface area contributed by atoms with E-state index in [1.165, 1.54) is 18.4 Å². The largest absolute Gasteiger partial charge is 0.354 e. The molecule has 17 heavy (non-hydrogen) atoms. The molecular weight excluding hydrogens is 242 g/mol. The van der Waals surface area contributed by atoms with E-state index in [1.807, 2.05) is 13.8 Å². The van der Waals surface area contributed by atoms with Gasteiger partial charge in [-0.3, -0.25) is 10.4 Å². The average Bonchev–Trinajstić information content (AvgIpc) is 2.22. The molecule has 0 atom stereocenters. The minimum absolute atomic E-state index is 0.00236. The van der Waals surface area contributed by atoms with Gasteiger partial charge >= 0.3 is 0 Å². The fourth-order valence-electron chi connectivity index (χ4n) is 0.907. The number of aliphatic imine (C=N–C) groups is 1. The van der Waals surface area contributed by atoms with Crippen molar-refractivity contribution in [3.63, 3.8) is 0 Å². The molecule has 0 rings (SSSR count). The maximum atomic E-state index is 11.5. The van der Waals surface area contributed by atoms with Crippen molar-refractivity contribution in [3.05, 3.63) is 0 Å². The van der Waals surface area contributed by atoms with Gasteiger partial charge in [0.15, 0.2) is 0 Å². The molecule has 0 amide bonds. The summed E-state index contributed by atoms with van der Waals surface area (Å²) in [6.07, 6.45) is 0. The summed E-state index contributed by atoms with van der Waals surface area (Å²) in [5, 5.41) is 2.84. The van der Waals surface area contributed by atoms with E-state index in [0.717, 1.165) is 0 Å². The van der Waals surface area contributed by atoms with Gasteiger partial charge in [-0.05, 0) is 5.92 Å². The lowest BCUT2D eigenvalue weighted by molar-refractivity contribution is 0.519. The first-order valence-electron chi connectivity index (χ1n) is 5.44. The molecule has 0 aromatic rings. The van der Waals surface area contributed by atoms with Crippen LogP contribution in [-0.4, -0.2) is 51.6 Å². The Morgan fingerprint density at radius 2 is 2.00 bits per heavy atom. The minimum atomic E-state index is -3.19. The van der Waals surface area contributed by atoms with Gasteiger partial charge in [-0.2, -0.15) is 0 Å². The highest BCUT2D eigenvalue weighted by Gasteiger charge is 2.12. The zero-order chi connectivity index (χ0) is 13.5. The number of rotatable bonds is 6. The lowest BCUT2D eigenvalue weighted by Gasteiger charge is -2.13. The van der Waals surface area contributed by atoms with Crippen molar-refractivity contribution in [2.75, 3.05) is 32.9 Å². The highest BCUT2D eigenvalue weighted by Crippen LogP contribution is 1.93. The molecule has 0 saturated heterocycles. The van der Waals surface area contributed by atoms with Crippen LogP contribution < -0.4 is 16.6 Å². The zero-order valence-corrected chi connectivity index (χ0v) is 11.7. The van der Waals surface area contributed by atoms with Gasteiger partial charge in [0.25, 0.3) is 0 Å². The molecule has 7 nitrogen and oxygen atoms in total. The van der Waals surface area contributed by atoms with Crippen LogP contribution in [0.1, 0.15) is 13.8 Å². The van der Waals surface area contributed by atoms with Crippen molar-refractivity contribution in [1.82, 2.24) is 15.0 Å². The third-order valence-electron chi connectivity index (χ3n) is 1.96. The van der Waals surface area contributed by atoms with E-state index in [0.29, 0.717) is 18.4 Å². The summed E-state index contributed by atoms with van der Waals surface area (Å²) in [4.78, 5) is 4.17. The number of hydrogen-bond acceptors (Lipinski definition) is 4. The number of nitrogens with zero attached hydrogens (tertiary/aromatic N) is 2. The molecule has 0 unspecified atom stereocenters. The Bertz CT molecular complexity index is 337. The molecule has 0 fully saturated rings. The highest BCUT2D eigenvalue weighted by molar-refractivity contribution is 7.89. The predicted octanol–water partition coefficient (Wildman–Crippen LogP) is -1.06. The van der Waals surface area contributed by atoms with E-state index in [1.54, 1.807) is 0 Å². The van der Waals surface area contributed by atoms with Gasteiger partial charge in [-0.1, -0.05) is 13.8 Å². The number of hydrazine groups is 1. The SMILES string of the molecule is CC(C)CN=C(NN)NCCS(=O)(=O)N(C)C. The molecule has 0 aliphatic carbocycles. The van der Waals surface area contributed by atoms with Gasteiger partial charge in [0.1, 0.15) is 0 Å². The molecule has 0 spiro atoms. The molecule has 0 saturated carbocycles. The predicted molar refractivity (Wildman–Crippen MR) is 69.9 cm³/mol. The molecule has 0 aliphatic rings. The van der Waals surface area contributed by atoms with E-state index in [9.17, 15) is 8.42 Å².